The fraction of sp³-hybridized carbons (Fsp3) is 0.750. The number of aldehydes is 2. The zero-order valence-electron chi connectivity index (χ0n) is 7.32. The van der Waals surface area contributed by atoms with Crippen LogP contribution in [0.3, 0.4) is 0 Å². The van der Waals surface area contributed by atoms with Crippen molar-refractivity contribution in [3.05, 3.63) is 0 Å². The van der Waals surface area contributed by atoms with Crippen LogP contribution < -0.4 is 11.5 Å². The Morgan fingerprint density at radius 3 is 2.33 bits per heavy atom. The van der Waals surface area contributed by atoms with Crippen LogP contribution in [-0.4, -0.2) is 18.2 Å². The Labute approximate surface area is 72.3 Å². The fourth-order valence-corrected chi connectivity index (χ4v) is 0.947. The SMILES string of the molecule is CCCCC(C=O)C(N)(N)C=O. The largest absolute Gasteiger partial charge is 0.307 e. The topological polar surface area (TPSA) is 86.2 Å². The monoisotopic (exact) mass is 172 g/mol. The second-order valence-electron chi connectivity index (χ2n) is 3.00. The highest BCUT2D eigenvalue weighted by molar-refractivity contribution is 5.71. The lowest BCUT2D eigenvalue weighted by molar-refractivity contribution is -0.120. The Morgan fingerprint density at radius 2 is 2.00 bits per heavy atom. The number of nitrogens with two attached hydrogens (primary N) is 2. The van der Waals surface area contributed by atoms with E-state index in [1.54, 1.807) is 0 Å². The zero-order valence-corrected chi connectivity index (χ0v) is 7.32. The summed E-state index contributed by atoms with van der Waals surface area (Å²) in [7, 11) is 0. The number of hydrogen-bond donors (Lipinski definition) is 2. The summed E-state index contributed by atoms with van der Waals surface area (Å²) in [5.41, 5.74) is 9.29. The molecule has 0 aliphatic heterocycles. The minimum absolute atomic E-state index is 0.432. The smallest absolute Gasteiger partial charge is 0.154 e. The van der Waals surface area contributed by atoms with E-state index in [2.05, 4.69) is 0 Å². The average Bonchev–Trinajstić information content (AvgIpc) is 2.05. The van der Waals surface area contributed by atoms with Crippen LogP contribution in [0.25, 0.3) is 0 Å². The molecule has 12 heavy (non-hydrogen) atoms. The fourth-order valence-electron chi connectivity index (χ4n) is 0.947. The molecule has 0 saturated heterocycles. The van der Waals surface area contributed by atoms with Crippen LogP contribution in [0.5, 0.6) is 0 Å². The number of rotatable bonds is 6. The average molecular weight is 172 g/mol. The van der Waals surface area contributed by atoms with Gasteiger partial charge < -0.3 is 16.3 Å². The molecule has 0 bridgehead atoms. The van der Waals surface area contributed by atoms with Crippen LogP contribution in [0.1, 0.15) is 26.2 Å². The lowest BCUT2D eigenvalue weighted by atomic mass is 9.91. The third-order valence-corrected chi connectivity index (χ3v) is 1.88. The van der Waals surface area contributed by atoms with E-state index >= 15 is 0 Å². The minimum Gasteiger partial charge on any atom is -0.307 e. The van der Waals surface area contributed by atoms with E-state index in [0.29, 0.717) is 19.0 Å². The van der Waals surface area contributed by atoms with Crippen molar-refractivity contribution in [2.45, 2.75) is 31.8 Å². The Bertz CT molecular complexity index is 157. The lowest BCUT2D eigenvalue weighted by Gasteiger charge is -2.23. The van der Waals surface area contributed by atoms with Gasteiger partial charge in [-0.05, 0) is 6.42 Å². The van der Waals surface area contributed by atoms with Crippen molar-refractivity contribution in [1.82, 2.24) is 0 Å². The quantitative estimate of drug-likeness (QED) is 0.429. The van der Waals surface area contributed by atoms with Gasteiger partial charge in [0.15, 0.2) is 6.29 Å². The van der Waals surface area contributed by atoms with Crippen molar-refractivity contribution in [3.63, 3.8) is 0 Å². The van der Waals surface area contributed by atoms with Gasteiger partial charge in [0, 0.05) is 0 Å². The van der Waals surface area contributed by atoms with Crippen molar-refractivity contribution < 1.29 is 9.59 Å². The van der Waals surface area contributed by atoms with Crippen molar-refractivity contribution in [1.29, 1.82) is 0 Å². The molecule has 0 heterocycles. The zero-order chi connectivity index (χ0) is 9.61. The van der Waals surface area contributed by atoms with Gasteiger partial charge >= 0.3 is 0 Å². The van der Waals surface area contributed by atoms with E-state index in [4.69, 9.17) is 11.5 Å². The molecule has 0 saturated carbocycles. The van der Waals surface area contributed by atoms with E-state index in [9.17, 15) is 9.59 Å². The maximum Gasteiger partial charge on any atom is 0.154 e. The Hall–Kier alpha value is -0.740. The van der Waals surface area contributed by atoms with Crippen molar-refractivity contribution >= 4 is 12.6 Å². The van der Waals surface area contributed by atoms with Crippen LogP contribution >= 0.6 is 0 Å². The second kappa shape index (κ2) is 5.00. The van der Waals surface area contributed by atoms with Crippen molar-refractivity contribution in [2.24, 2.45) is 17.4 Å². The summed E-state index contributed by atoms with van der Waals surface area (Å²) in [6, 6.07) is 0. The molecule has 0 aliphatic rings. The lowest BCUT2D eigenvalue weighted by Crippen LogP contribution is -2.57. The minimum atomic E-state index is -1.49. The van der Waals surface area contributed by atoms with Crippen LogP contribution in [0, 0.1) is 5.92 Å². The molecule has 0 radical (unpaired) electrons. The Morgan fingerprint density at radius 1 is 1.42 bits per heavy atom. The molecule has 0 rings (SSSR count). The van der Waals surface area contributed by atoms with Gasteiger partial charge in [-0.15, -0.1) is 0 Å². The van der Waals surface area contributed by atoms with Crippen molar-refractivity contribution in [2.75, 3.05) is 0 Å². The molecule has 0 amide bonds. The molecular formula is C8H16N2O2. The molecule has 1 atom stereocenters. The van der Waals surface area contributed by atoms with Crippen LogP contribution in [0.4, 0.5) is 0 Å². The summed E-state index contributed by atoms with van der Waals surface area (Å²) in [4.78, 5) is 20.9. The van der Waals surface area contributed by atoms with Crippen LogP contribution in [0.15, 0.2) is 0 Å². The van der Waals surface area contributed by atoms with Gasteiger partial charge in [0.2, 0.25) is 0 Å². The normalized spacial score (nSPS) is 13.9. The summed E-state index contributed by atoms with van der Waals surface area (Å²) >= 11 is 0. The van der Waals surface area contributed by atoms with E-state index in [0.717, 1.165) is 12.8 Å². The highest BCUT2D eigenvalue weighted by Gasteiger charge is 2.29. The summed E-state index contributed by atoms with van der Waals surface area (Å²) in [6.07, 6.45) is 3.48. The van der Waals surface area contributed by atoms with Gasteiger partial charge in [-0.1, -0.05) is 19.8 Å². The molecule has 4 heteroatoms. The molecule has 0 spiro atoms. The summed E-state index contributed by atoms with van der Waals surface area (Å²) in [5.74, 6) is -0.560. The summed E-state index contributed by atoms with van der Waals surface area (Å²) in [5, 5.41) is 0. The molecule has 4 nitrogen and oxygen atoms in total. The van der Waals surface area contributed by atoms with Gasteiger partial charge in [-0.3, -0.25) is 4.79 Å². The van der Waals surface area contributed by atoms with Crippen LogP contribution in [0.2, 0.25) is 0 Å². The first kappa shape index (κ1) is 11.3. The van der Waals surface area contributed by atoms with Gasteiger partial charge in [0.1, 0.15) is 11.9 Å². The number of carbonyl (C=O) groups is 2. The van der Waals surface area contributed by atoms with Crippen LogP contribution in [-0.2, 0) is 9.59 Å². The molecule has 70 valence electrons. The first-order chi connectivity index (χ1) is 5.58. The number of hydrogen-bond acceptors (Lipinski definition) is 4. The van der Waals surface area contributed by atoms with Gasteiger partial charge in [0.05, 0.1) is 5.92 Å². The molecule has 0 aliphatic carbocycles. The molecule has 4 N–H and O–H groups in total. The summed E-state index contributed by atoms with van der Waals surface area (Å²) < 4.78 is 0. The first-order valence-electron chi connectivity index (χ1n) is 4.07. The molecule has 0 aromatic carbocycles. The molecule has 0 aromatic heterocycles. The highest BCUT2D eigenvalue weighted by atomic mass is 16.1. The number of unbranched alkanes of at least 4 members (excludes halogenated alkanes) is 1. The molecule has 1 unspecified atom stereocenters. The van der Waals surface area contributed by atoms with E-state index in [1.165, 1.54) is 0 Å². The van der Waals surface area contributed by atoms with E-state index in [1.807, 2.05) is 6.92 Å². The van der Waals surface area contributed by atoms with E-state index < -0.39 is 11.6 Å². The molecular weight excluding hydrogens is 156 g/mol. The summed E-state index contributed by atoms with van der Waals surface area (Å²) in [6.45, 7) is 2.00. The van der Waals surface area contributed by atoms with E-state index in [-0.39, 0.29) is 0 Å². The maximum absolute atomic E-state index is 10.5. The predicted octanol–water partition coefficient (Wildman–Crippen LogP) is -0.196. The Balaban J connectivity index is 4.13. The second-order valence-corrected chi connectivity index (χ2v) is 3.00. The highest BCUT2D eigenvalue weighted by Crippen LogP contribution is 2.12. The van der Waals surface area contributed by atoms with Gasteiger partial charge in [-0.2, -0.15) is 0 Å². The third kappa shape index (κ3) is 3.11. The van der Waals surface area contributed by atoms with Crippen molar-refractivity contribution in [3.8, 4) is 0 Å². The van der Waals surface area contributed by atoms with Gasteiger partial charge in [0.25, 0.3) is 0 Å². The Kier molecular flexibility index (Phi) is 4.70. The standard InChI is InChI=1S/C8H16N2O2/c1-2-3-4-7(5-11)8(9,10)6-12/h5-7H,2-4,9-10H2,1H3. The maximum atomic E-state index is 10.5. The third-order valence-electron chi connectivity index (χ3n) is 1.88. The first-order valence-corrected chi connectivity index (χ1v) is 4.07. The predicted molar refractivity (Wildman–Crippen MR) is 46.2 cm³/mol. The number of carbonyl (C=O) groups excluding carboxylic acids is 2. The molecule has 0 fully saturated rings. The molecule has 0 aromatic rings. The van der Waals surface area contributed by atoms with Gasteiger partial charge in [-0.25, -0.2) is 0 Å².